The maximum absolute atomic E-state index is 10.9. The normalized spacial score (nSPS) is 10.8. The number of aromatic nitrogens is 1. The van der Waals surface area contributed by atoms with Crippen LogP contribution < -0.4 is 5.76 Å². The Morgan fingerprint density at radius 1 is 1.44 bits per heavy atom. The Labute approximate surface area is 90.7 Å². The largest absolute Gasteiger partial charge is 0.481 e. The summed E-state index contributed by atoms with van der Waals surface area (Å²) in [6.07, 6.45) is 1.39. The summed E-state index contributed by atoms with van der Waals surface area (Å²) in [4.78, 5) is 23.8. The van der Waals surface area contributed by atoms with Gasteiger partial charge in [-0.15, -0.1) is 0 Å². The highest BCUT2D eigenvalue weighted by Crippen LogP contribution is 2.14. The molecule has 0 amide bonds. The molecule has 2 N–H and O–H groups in total. The number of rotatable bonds is 4. The number of aliphatic carboxylic acids is 1. The van der Waals surface area contributed by atoms with E-state index in [1.54, 1.807) is 12.1 Å². The summed E-state index contributed by atoms with van der Waals surface area (Å²) in [5.41, 5.74) is 2.14. The van der Waals surface area contributed by atoms with Crippen molar-refractivity contribution >= 4 is 17.1 Å². The van der Waals surface area contributed by atoms with Crippen LogP contribution in [0.4, 0.5) is 0 Å². The number of hydrogen-bond donors (Lipinski definition) is 2. The molecule has 0 fully saturated rings. The Morgan fingerprint density at radius 3 is 3.00 bits per heavy atom. The van der Waals surface area contributed by atoms with Gasteiger partial charge in [0.15, 0.2) is 5.58 Å². The van der Waals surface area contributed by atoms with E-state index in [4.69, 9.17) is 9.52 Å². The molecule has 2 rings (SSSR count). The van der Waals surface area contributed by atoms with Crippen molar-refractivity contribution in [3.63, 3.8) is 0 Å². The minimum atomic E-state index is -0.797. The third-order valence-electron chi connectivity index (χ3n) is 2.34. The first-order chi connectivity index (χ1) is 7.65. The van der Waals surface area contributed by atoms with E-state index in [0.29, 0.717) is 23.9 Å². The van der Waals surface area contributed by atoms with Crippen LogP contribution >= 0.6 is 0 Å². The molecular weight excluding hydrogens is 210 g/mol. The van der Waals surface area contributed by atoms with Gasteiger partial charge in [-0.25, -0.2) is 4.79 Å². The zero-order valence-electron chi connectivity index (χ0n) is 8.53. The fourth-order valence-corrected chi connectivity index (χ4v) is 1.59. The molecule has 0 aliphatic carbocycles. The van der Waals surface area contributed by atoms with E-state index in [2.05, 4.69) is 4.98 Å². The highest BCUT2D eigenvalue weighted by atomic mass is 16.4. The van der Waals surface area contributed by atoms with Crippen molar-refractivity contribution in [2.45, 2.75) is 19.3 Å². The first-order valence-electron chi connectivity index (χ1n) is 4.99. The third-order valence-corrected chi connectivity index (χ3v) is 2.34. The molecular formula is C11H11NO4. The van der Waals surface area contributed by atoms with Gasteiger partial charge in [0.25, 0.3) is 0 Å². The quantitative estimate of drug-likeness (QED) is 0.820. The van der Waals surface area contributed by atoms with E-state index < -0.39 is 11.7 Å². The van der Waals surface area contributed by atoms with Crippen molar-refractivity contribution in [3.05, 3.63) is 34.3 Å². The lowest BCUT2D eigenvalue weighted by Crippen LogP contribution is -1.95. The van der Waals surface area contributed by atoms with Crippen LogP contribution in [0, 0.1) is 0 Å². The fourth-order valence-electron chi connectivity index (χ4n) is 1.59. The minimum absolute atomic E-state index is 0.148. The first kappa shape index (κ1) is 10.5. The number of nitrogens with one attached hydrogen (secondary N) is 1. The molecule has 2 aromatic rings. The molecule has 1 aromatic heterocycles. The average molecular weight is 221 g/mol. The van der Waals surface area contributed by atoms with E-state index in [-0.39, 0.29) is 6.42 Å². The van der Waals surface area contributed by atoms with Gasteiger partial charge in [-0.2, -0.15) is 0 Å². The lowest BCUT2D eigenvalue weighted by molar-refractivity contribution is -0.137. The average Bonchev–Trinajstić information content (AvgIpc) is 2.56. The molecule has 0 saturated heterocycles. The Morgan fingerprint density at radius 2 is 2.25 bits per heavy atom. The Kier molecular flexibility index (Phi) is 2.76. The summed E-state index contributed by atoms with van der Waals surface area (Å²) in [7, 11) is 0. The molecule has 1 heterocycles. The number of carboxylic acid groups (broad SMARTS) is 1. The molecule has 1 aromatic carbocycles. The van der Waals surface area contributed by atoms with Crippen molar-refractivity contribution in [3.8, 4) is 0 Å². The Bertz CT molecular complexity index is 567. The topological polar surface area (TPSA) is 83.3 Å². The molecule has 0 aliphatic heterocycles. The highest BCUT2D eigenvalue weighted by molar-refractivity contribution is 5.72. The summed E-state index contributed by atoms with van der Waals surface area (Å²) in [5, 5.41) is 8.50. The second kappa shape index (κ2) is 4.22. The Balaban J connectivity index is 2.13. The summed E-state index contributed by atoms with van der Waals surface area (Å²) in [5.74, 6) is -1.27. The predicted octanol–water partition coefficient (Wildman–Crippen LogP) is 1.53. The van der Waals surface area contributed by atoms with Crippen molar-refractivity contribution < 1.29 is 14.3 Å². The molecule has 5 nitrogen and oxygen atoms in total. The smallest absolute Gasteiger partial charge is 0.417 e. The molecule has 0 unspecified atom stereocenters. The molecule has 84 valence electrons. The zero-order valence-corrected chi connectivity index (χ0v) is 8.53. The van der Waals surface area contributed by atoms with Crippen LogP contribution in [0.25, 0.3) is 11.1 Å². The van der Waals surface area contributed by atoms with E-state index in [1.807, 2.05) is 6.07 Å². The van der Waals surface area contributed by atoms with Crippen molar-refractivity contribution in [1.82, 2.24) is 4.98 Å². The number of hydrogen-bond acceptors (Lipinski definition) is 3. The molecule has 5 heteroatoms. The van der Waals surface area contributed by atoms with Crippen LogP contribution in [0.1, 0.15) is 18.4 Å². The van der Waals surface area contributed by atoms with Gasteiger partial charge in [-0.1, -0.05) is 6.07 Å². The molecule has 0 bridgehead atoms. The van der Waals surface area contributed by atoms with Crippen molar-refractivity contribution in [2.24, 2.45) is 0 Å². The first-order valence-corrected chi connectivity index (χ1v) is 4.99. The molecule has 0 spiro atoms. The van der Waals surface area contributed by atoms with Crippen LogP contribution in [0.15, 0.2) is 27.4 Å². The van der Waals surface area contributed by atoms with Crippen LogP contribution in [0.5, 0.6) is 0 Å². The van der Waals surface area contributed by atoms with Gasteiger partial charge in [0.1, 0.15) is 0 Å². The standard InChI is InChI=1S/C11H11NO4/c13-10(14)3-1-2-7-4-5-8-9(6-7)16-11(15)12-8/h4-6H,1-3H2,(H,12,15)(H,13,14). The number of carboxylic acids is 1. The van der Waals surface area contributed by atoms with Gasteiger partial charge in [-0.05, 0) is 30.5 Å². The third kappa shape index (κ3) is 2.31. The van der Waals surface area contributed by atoms with Crippen LogP contribution in [0.3, 0.4) is 0 Å². The van der Waals surface area contributed by atoms with E-state index in [1.165, 1.54) is 0 Å². The minimum Gasteiger partial charge on any atom is -0.481 e. The summed E-state index contributed by atoms with van der Waals surface area (Å²) in [6.45, 7) is 0. The van der Waals surface area contributed by atoms with Crippen molar-refractivity contribution in [1.29, 1.82) is 0 Å². The SMILES string of the molecule is O=C(O)CCCc1ccc2[nH]c(=O)oc2c1. The summed E-state index contributed by atoms with van der Waals surface area (Å²) in [6, 6.07) is 5.38. The fraction of sp³-hybridized carbons (Fsp3) is 0.273. The van der Waals surface area contributed by atoms with Gasteiger partial charge >= 0.3 is 11.7 Å². The van der Waals surface area contributed by atoms with Crippen LogP contribution in [-0.4, -0.2) is 16.1 Å². The van der Waals surface area contributed by atoms with Crippen LogP contribution in [-0.2, 0) is 11.2 Å². The number of benzene rings is 1. The van der Waals surface area contributed by atoms with Gasteiger partial charge in [-0.3, -0.25) is 9.78 Å². The highest BCUT2D eigenvalue weighted by Gasteiger charge is 2.03. The molecule has 0 radical (unpaired) electrons. The van der Waals surface area contributed by atoms with Gasteiger partial charge in [0.2, 0.25) is 0 Å². The molecule has 16 heavy (non-hydrogen) atoms. The number of H-pyrrole nitrogens is 1. The van der Waals surface area contributed by atoms with E-state index in [0.717, 1.165) is 5.56 Å². The van der Waals surface area contributed by atoms with Gasteiger partial charge in [0.05, 0.1) is 5.52 Å². The number of carbonyl (C=O) groups is 1. The Hall–Kier alpha value is -2.04. The summed E-state index contributed by atoms with van der Waals surface area (Å²) >= 11 is 0. The second-order valence-corrected chi connectivity index (χ2v) is 3.59. The van der Waals surface area contributed by atoms with Gasteiger partial charge in [0, 0.05) is 6.42 Å². The van der Waals surface area contributed by atoms with Crippen LogP contribution in [0.2, 0.25) is 0 Å². The molecule has 0 aliphatic rings. The monoisotopic (exact) mass is 221 g/mol. The van der Waals surface area contributed by atoms with E-state index >= 15 is 0 Å². The maximum Gasteiger partial charge on any atom is 0.417 e. The maximum atomic E-state index is 10.9. The second-order valence-electron chi connectivity index (χ2n) is 3.59. The molecule has 0 atom stereocenters. The number of oxazole rings is 1. The summed E-state index contributed by atoms with van der Waals surface area (Å²) < 4.78 is 4.91. The lowest BCUT2D eigenvalue weighted by Gasteiger charge is -1.98. The zero-order chi connectivity index (χ0) is 11.5. The number of aromatic amines is 1. The predicted molar refractivity (Wildman–Crippen MR) is 57.4 cm³/mol. The number of fused-ring (bicyclic) bond motifs is 1. The van der Waals surface area contributed by atoms with E-state index in [9.17, 15) is 9.59 Å². The van der Waals surface area contributed by atoms with Crippen molar-refractivity contribution in [2.75, 3.05) is 0 Å². The van der Waals surface area contributed by atoms with Gasteiger partial charge < -0.3 is 9.52 Å². The number of aryl methyl sites for hydroxylation is 1. The molecule has 0 saturated carbocycles. The lowest BCUT2D eigenvalue weighted by atomic mass is 10.1.